The van der Waals surface area contributed by atoms with Crippen molar-refractivity contribution in [3.05, 3.63) is 70.2 Å². The first kappa shape index (κ1) is 15.0. The summed E-state index contributed by atoms with van der Waals surface area (Å²) in [5.41, 5.74) is 1.61. The number of benzene rings is 2. The first-order chi connectivity index (χ1) is 10.2. The average Bonchev–Trinajstić information content (AvgIpc) is 2.48. The molecule has 5 heteroatoms. The Morgan fingerprint density at radius 1 is 1.14 bits per heavy atom. The predicted octanol–water partition coefficient (Wildman–Crippen LogP) is 3.88. The first-order valence-electron chi connectivity index (χ1n) is 6.10. The molecule has 0 heterocycles. The number of rotatable bonds is 4. The normalized spacial score (nSPS) is 11.1. The van der Waals surface area contributed by atoms with Crippen LogP contribution in [-0.2, 0) is 4.79 Å². The molecule has 0 spiro atoms. The van der Waals surface area contributed by atoms with Crippen molar-refractivity contribution in [3.8, 4) is 5.75 Å². The Kier molecular flexibility index (Phi) is 5.29. The molecule has 21 heavy (non-hydrogen) atoms. The van der Waals surface area contributed by atoms with Gasteiger partial charge in [0, 0.05) is 10.5 Å². The van der Waals surface area contributed by atoms with E-state index in [9.17, 15) is 4.79 Å². The van der Waals surface area contributed by atoms with Crippen LogP contribution in [0.5, 0.6) is 5.75 Å². The van der Waals surface area contributed by atoms with Crippen molar-refractivity contribution >= 4 is 34.2 Å². The number of ether oxygens (including phenoxy) is 1. The van der Waals surface area contributed by atoms with Crippen molar-refractivity contribution < 1.29 is 14.7 Å². The Balaban J connectivity index is 1.98. The van der Waals surface area contributed by atoms with Crippen LogP contribution in [0, 0.1) is 0 Å². The largest absolute Gasteiger partial charge is 0.423 e. The van der Waals surface area contributed by atoms with Gasteiger partial charge in [0.2, 0.25) is 0 Å². The van der Waals surface area contributed by atoms with Crippen molar-refractivity contribution in [2.45, 2.75) is 0 Å². The maximum atomic E-state index is 11.7. The molecular formula is C16H12BrNO3. The molecule has 0 saturated carbocycles. The summed E-state index contributed by atoms with van der Waals surface area (Å²) >= 11 is 3.36. The van der Waals surface area contributed by atoms with Crippen molar-refractivity contribution in [3.63, 3.8) is 0 Å². The van der Waals surface area contributed by atoms with E-state index in [1.807, 2.05) is 24.3 Å². The number of hydrogen-bond acceptors (Lipinski definition) is 4. The molecule has 1 N–H and O–H groups in total. The van der Waals surface area contributed by atoms with Gasteiger partial charge in [-0.1, -0.05) is 33.2 Å². The Hall–Kier alpha value is -2.40. The van der Waals surface area contributed by atoms with Gasteiger partial charge in [-0.25, -0.2) is 4.79 Å². The summed E-state index contributed by atoms with van der Waals surface area (Å²) in [5.74, 6) is -0.0347. The molecule has 0 unspecified atom stereocenters. The van der Waals surface area contributed by atoms with E-state index >= 15 is 0 Å². The van der Waals surface area contributed by atoms with E-state index in [4.69, 9.17) is 9.94 Å². The van der Waals surface area contributed by atoms with E-state index in [-0.39, 0.29) is 0 Å². The van der Waals surface area contributed by atoms with Gasteiger partial charge in [0.1, 0.15) is 5.75 Å². The van der Waals surface area contributed by atoms with Crippen LogP contribution in [0.15, 0.2) is 64.2 Å². The Morgan fingerprint density at radius 3 is 2.57 bits per heavy atom. The van der Waals surface area contributed by atoms with Crippen LogP contribution < -0.4 is 4.74 Å². The lowest BCUT2D eigenvalue weighted by Gasteiger charge is -2.01. The molecule has 0 aliphatic rings. The number of carbonyl (C=O) groups excluding carboxylic acids is 1. The van der Waals surface area contributed by atoms with Crippen molar-refractivity contribution in [1.29, 1.82) is 0 Å². The Morgan fingerprint density at radius 2 is 1.90 bits per heavy atom. The number of oxime groups is 1. The maximum Gasteiger partial charge on any atom is 0.336 e. The summed E-state index contributed by atoms with van der Waals surface area (Å²) in [4.78, 5) is 11.7. The summed E-state index contributed by atoms with van der Waals surface area (Å²) in [5, 5.41) is 11.3. The Labute approximate surface area is 130 Å². The molecule has 0 aliphatic carbocycles. The van der Waals surface area contributed by atoms with Crippen molar-refractivity contribution in [1.82, 2.24) is 0 Å². The summed E-state index contributed by atoms with van der Waals surface area (Å²) < 4.78 is 6.10. The summed E-state index contributed by atoms with van der Waals surface area (Å²) in [6.07, 6.45) is 4.34. The number of hydrogen-bond donors (Lipinski definition) is 1. The van der Waals surface area contributed by atoms with Gasteiger partial charge in [0.25, 0.3) is 0 Å². The molecular weight excluding hydrogens is 334 g/mol. The quantitative estimate of drug-likeness (QED) is 0.228. The lowest BCUT2D eigenvalue weighted by Crippen LogP contribution is -2.03. The van der Waals surface area contributed by atoms with Crippen LogP contribution in [0.1, 0.15) is 11.1 Å². The molecule has 0 fully saturated rings. The zero-order valence-electron chi connectivity index (χ0n) is 10.9. The topological polar surface area (TPSA) is 58.9 Å². The fraction of sp³-hybridized carbons (Fsp3) is 0. The van der Waals surface area contributed by atoms with E-state index < -0.39 is 5.97 Å². The minimum Gasteiger partial charge on any atom is -0.423 e. The van der Waals surface area contributed by atoms with Gasteiger partial charge >= 0.3 is 5.97 Å². The molecule has 2 rings (SSSR count). The number of nitrogens with zero attached hydrogens (tertiary/aromatic N) is 1. The standard InChI is InChI=1S/C16H12BrNO3/c17-14-3-1-2-12(10-14)6-9-16(19)21-15-7-4-13(5-8-15)11-18-20/h1-11,20H/b9-6?,18-11+. The molecule has 0 bridgehead atoms. The van der Waals surface area contributed by atoms with E-state index in [0.717, 1.165) is 10.0 Å². The van der Waals surface area contributed by atoms with Crippen LogP contribution in [0.25, 0.3) is 6.08 Å². The van der Waals surface area contributed by atoms with Gasteiger partial charge in [0.15, 0.2) is 0 Å². The third kappa shape index (κ3) is 4.89. The minimum absolute atomic E-state index is 0.425. The molecule has 0 aromatic heterocycles. The van der Waals surface area contributed by atoms with Crippen molar-refractivity contribution in [2.24, 2.45) is 5.16 Å². The third-order valence-electron chi connectivity index (χ3n) is 2.57. The van der Waals surface area contributed by atoms with E-state index in [1.165, 1.54) is 12.3 Å². The van der Waals surface area contributed by atoms with Crippen LogP contribution in [0.2, 0.25) is 0 Å². The molecule has 4 nitrogen and oxygen atoms in total. The highest BCUT2D eigenvalue weighted by Gasteiger charge is 2.00. The van der Waals surface area contributed by atoms with E-state index in [1.54, 1.807) is 30.3 Å². The fourth-order valence-electron chi connectivity index (χ4n) is 1.61. The summed E-state index contributed by atoms with van der Waals surface area (Å²) in [6.45, 7) is 0. The lowest BCUT2D eigenvalue weighted by molar-refractivity contribution is -0.128. The molecule has 0 atom stereocenters. The molecule has 0 saturated heterocycles. The zero-order valence-corrected chi connectivity index (χ0v) is 12.5. The molecule has 0 amide bonds. The smallest absolute Gasteiger partial charge is 0.336 e. The SMILES string of the molecule is O=C(C=Cc1cccc(Br)c1)Oc1ccc(/C=N/O)cc1. The monoisotopic (exact) mass is 345 g/mol. The second-order valence-electron chi connectivity index (χ2n) is 4.12. The average molecular weight is 346 g/mol. The van der Waals surface area contributed by atoms with Crippen molar-refractivity contribution in [2.75, 3.05) is 0 Å². The van der Waals surface area contributed by atoms with E-state index in [0.29, 0.717) is 11.3 Å². The van der Waals surface area contributed by atoms with Gasteiger partial charge in [-0.15, -0.1) is 0 Å². The second-order valence-corrected chi connectivity index (χ2v) is 5.04. The zero-order chi connectivity index (χ0) is 15.1. The summed E-state index contributed by atoms with van der Waals surface area (Å²) in [6, 6.07) is 14.2. The number of esters is 1. The minimum atomic E-state index is -0.460. The highest BCUT2D eigenvalue weighted by molar-refractivity contribution is 9.10. The highest BCUT2D eigenvalue weighted by Crippen LogP contribution is 2.14. The van der Waals surface area contributed by atoms with Crippen LogP contribution in [0.4, 0.5) is 0 Å². The third-order valence-corrected chi connectivity index (χ3v) is 3.06. The lowest BCUT2D eigenvalue weighted by atomic mass is 10.2. The van der Waals surface area contributed by atoms with Crippen LogP contribution in [-0.4, -0.2) is 17.4 Å². The maximum absolute atomic E-state index is 11.7. The molecule has 106 valence electrons. The molecule has 2 aromatic rings. The molecule has 0 radical (unpaired) electrons. The predicted molar refractivity (Wildman–Crippen MR) is 84.6 cm³/mol. The van der Waals surface area contributed by atoms with E-state index in [2.05, 4.69) is 21.1 Å². The molecule has 2 aromatic carbocycles. The van der Waals surface area contributed by atoms with Gasteiger partial charge in [-0.2, -0.15) is 0 Å². The first-order valence-corrected chi connectivity index (χ1v) is 6.89. The number of carbonyl (C=O) groups is 1. The van der Waals surface area contributed by atoms with Crippen LogP contribution in [0.3, 0.4) is 0 Å². The summed E-state index contributed by atoms with van der Waals surface area (Å²) in [7, 11) is 0. The van der Waals surface area contributed by atoms with Gasteiger partial charge in [0.05, 0.1) is 6.21 Å². The van der Waals surface area contributed by atoms with Crippen LogP contribution >= 0.6 is 15.9 Å². The molecule has 0 aliphatic heterocycles. The second kappa shape index (κ2) is 7.40. The highest BCUT2D eigenvalue weighted by atomic mass is 79.9. The Bertz CT molecular complexity index is 678. The van der Waals surface area contributed by atoms with Gasteiger partial charge in [-0.05, 0) is 53.6 Å². The van der Waals surface area contributed by atoms with Gasteiger partial charge < -0.3 is 9.94 Å². The number of halogens is 1. The fourth-order valence-corrected chi connectivity index (χ4v) is 2.03. The van der Waals surface area contributed by atoms with Gasteiger partial charge in [-0.3, -0.25) is 0 Å².